The van der Waals surface area contributed by atoms with E-state index in [0.717, 1.165) is 5.56 Å². The van der Waals surface area contributed by atoms with E-state index in [2.05, 4.69) is 0 Å². The van der Waals surface area contributed by atoms with E-state index in [0.29, 0.717) is 19.4 Å². The molecule has 1 aliphatic rings. The Balaban J connectivity index is 2.13. The number of amides is 2. The molecule has 7 heteroatoms. The van der Waals surface area contributed by atoms with E-state index >= 15 is 0 Å². The van der Waals surface area contributed by atoms with E-state index in [1.165, 1.54) is 16.8 Å². The molecule has 1 saturated heterocycles. The number of carbonyl (C=O) groups is 3. The summed E-state index contributed by atoms with van der Waals surface area (Å²) >= 11 is 0. The fourth-order valence-electron chi connectivity index (χ4n) is 3.65. The van der Waals surface area contributed by atoms with Crippen molar-refractivity contribution in [2.75, 3.05) is 13.6 Å². The molecule has 148 valence electrons. The number of nitrogens with zero attached hydrogens (tertiary/aromatic N) is 2. The molecule has 0 aliphatic carbocycles. The van der Waals surface area contributed by atoms with Gasteiger partial charge in [-0.1, -0.05) is 44.2 Å². The number of hydrogen-bond donors (Lipinski definition) is 2. The van der Waals surface area contributed by atoms with Crippen LogP contribution in [0, 0.1) is 5.92 Å². The van der Waals surface area contributed by atoms with Crippen LogP contribution in [0.1, 0.15) is 32.3 Å². The first-order chi connectivity index (χ1) is 12.7. The third kappa shape index (κ3) is 4.86. The molecule has 0 aromatic heterocycles. The molecule has 1 aromatic rings. The fourth-order valence-corrected chi connectivity index (χ4v) is 3.65. The summed E-state index contributed by atoms with van der Waals surface area (Å²) in [7, 11) is 1.49. The minimum Gasteiger partial charge on any atom is -0.480 e. The Bertz CT molecular complexity index is 676. The number of carboxylic acid groups (broad SMARTS) is 1. The zero-order valence-electron chi connectivity index (χ0n) is 16.0. The predicted molar refractivity (Wildman–Crippen MR) is 99.9 cm³/mol. The molecule has 1 aliphatic heterocycles. The molecule has 2 rings (SSSR count). The summed E-state index contributed by atoms with van der Waals surface area (Å²) in [5.74, 6) is -2.17. The molecule has 1 aromatic carbocycles. The van der Waals surface area contributed by atoms with Crippen LogP contribution in [-0.2, 0) is 20.8 Å². The van der Waals surface area contributed by atoms with Crippen molar-refractivity contribution in [1.82, 2.24) is 9.80 Å². The van der Waals surface area contributed by atoms with Crippen molar-refractivity contribution >= 4 is 17.8 Å². The second-order valence-electron chi connectivity index (χ2n) is 7.37. The standard InChI is InChI=1S/C20H28N2O5/c1-13(2)17(19(25)22-11-7-10-15(22)20(26)27)21(3)18(24)16(23)12-14-8-5-4-6-9-14/h4-6,8-9,13,15-17,23H,7,10-12H2,1-3H3,(H,26,27). The van der Waals surface area contributed by atoms with Crippen molar-refractivity contribution < 1.29 is 24.6 Å². The predicted octanol–water partition coefficient (Wildman–Crippen LogP) is 1.15. The largest absolute Gasteiger partial charge is 0.480 e. The Morgan fingerprint density at radius 1 is 1.22 bits per heavy atom. The van der Waals surface area contributed by atoms with Crippen molar-refractivity contribution in [3.8, 4) is 0 Å². The van der Waals surface area contributed by atoms with Gasteiger partial charge in [0.25, 0.3) is 5.91 Å². The number of hydrogen-bond acceptors (Lipinski definition) is 4. The van der Waals surface area contributed by atoms with Gasteiger partial charge in [0, 0.05) is 20.0 Å². The number of benzene rings is 1. The van der Waals surface area contributed by atoms with Crippen molar-refractivity contribution in [1.29, 1.82) is 0 Å². The lowest BCUT2D eigenvalue weighted by molar-refractivity contribution is -0.155. The van der Waals surface area contributed by atoms with Gasteiger partial charge in [-0.2, -0.15) is 0 Å². The lowest BCUT2D eigenvalue weighted by Crippen LogP contribution is -2.56. The summed E-state index contributed by atoms with van der Waals surface area (Å²) in [4.78, 5) is 39.8. The van der Waals surface area contributed by atoms with Crippen LogP contribution in [0.5, 0.6) is 0 Å². The van der Waals surface area contributed by atoms with Gasteiger partial charge in [0.05, 0.1) is 0 Å². The highest BCUT2D eigenvalue weighted by atomic mass is 16.4. The van der Waals surface area contributed by atoms with E-state index < -0.39 is 30.1 Å². The Morgan fingerprint density at radius 2 is 1.85 bits per heavy atom. The molecule has 0 saturated carbocycles. The lowest BCUT2D eigenvalue weighted by atomic mass is 9.99. The fraction of sp³-hybridized carbons (Fsp3) is 0.550. The first kappa shape index (κ1) is 20.9. The van der Waals surface area contributed by atoms with Crippen molar-refractivity contribution in [2.24, 2.45) is 5.92 Å². The lowest BCUT2D eigenvalue weighted by Gasteiger charge is -2.35. The van der Waals surface area contributed by atoms with Crippen molar-refractivity contribution in [3.05, 3.63) is 35.9 Å². The van der Waals surface area contributed by atoms with E-state index in [1.807, 2.05) is 44.2 Å². The van der Waals surface area contributed by atoms with Gasteiger partial charge >= 0.3 is 5.97 Å². The number of aliphatic hydroxyl groups is 1. The first-order valence-corrected chi connectivity index (χ1v) is 9.26. The zero-order chi connectivity index (χ0) is 20.1. The van der Waals surface area contributed by atoms with E-state index in [-0.39, 0.29) is 18.2 Å². The smallest absolute Gasteiger partial charge is 0.326 e. The van der Waals surface area contributed by atoms with Crippen LogP contribution in [0.25, 0.3) is 0 Å². The van der Waals surface area contributed by atoms with Gasteiger partial charge in [0.15, 0.2) is 0 Å². The summed E-state index contributed by atoms with van der Waals surface area (Å²) in [6.07, 6.45) is -0.0627. The number of likely N-dealkylation sites (N-methyl/N-ethyl adjacent to an activating group) is 1. The summed E-state index contributed by atoms with van der Waals surface area (Å²) in [5, 5.41) is 19.7. The molecule has 2 amide bonds. The van der Waals surface area contributed by atoms with E-state index in [1.54, 1.807) is 0 Å². The molecule has 3 unspecified atom stereocenters. The van der Waals surface area contributed by atoms with Crippen LogP contribution in [0.2, 0.25) is 0 Å². The topological polar surface area (TPSA) is 98.2 Å². The number of aliphatic carboxylic acids is 1. The highest BCUT2D eigenvalue weighted by molar-refractivity contribution is 5.92. The van der Waals surface area contributed by atoms with Gasteiger partial charge in [-0.25, -0.2) is 4.79 Å². The summed E-state index contributed by atoms with van der Waals surface area (Å²) in [6, 6.07) is 7.49. The summed E-state index contributed by atoms with van der Waals surface area (Å²) in [6.45, 7) is 3.98. The van der Waals surface area contributed by atoms with Crippen molar-refractivity contribution in [3.63, 3.8) is 0 Å². The van der Waals surface area contributed by atoms with E-state index in [4.69, 9.17) is 0 Å². The number of carbonyl (C=O) groups excluding carboxylic acids is 2. The maximum atomic E-state index is 13.0. The van der Waals surface area contributed by atoms with Crippen LogP contribution in [0.15, 0.2) is 30.3 Å². The van der Waals surface area contributed by atoms with Gasteiger partial charge < -0.3 is 20.0 Å². The Hall–Kier alpha value is -2.41. The summed E-state index contributed by atoms with van der Waals surface area (Å²) in [5.41, 5.74) is 0.824. The molecule has 0 radical (unpaired) electrons. The van der Waals surface area contributed by atoms with Gasteiger partial charge in [-0.3, -0.25) is 9.59 Å². The minimum absolute atomic E-state index is 0.157. The highest BCUT2D eigenvalue weighted by Gasteiger charge is 2.41. The number of carboxylic acids is 1. The molecule has 3 atom stereocenters. The molecular weight excluding hydrogens is 348 g/mol. The average Bonchev–Trinajstić information content (AvgIpc) is 3.11. The van der Waals surface area contributed by atoms with Crippen LogP contribution >= 0.6 is 0 Å². The van der Waals surface area contributed by atoms with Gasteiger partial charge in [0.2, 0.25) is 5.91 Å². The number of aliphatic hydroxyl groups excluding tert-OH is 1. The SMILES string of the molecule is CC(C)C(C(=O)N1CCCC1C(=O)O)N(C)C(=O)C(O)Cc1ccccc1. The highest BCUT2D eigenvalue weighted by Crippen LogP contribution is 2.23. The first-order valence-electron chi connectivity index (χ1n) is 9.26. The Labute approximate surface area is 159 Å². The molecule has 1 heterocycles. The maximum absolute atomic E-state index is 13.0. The second kappa shape index (κ2) is 8.99. The number of rotatable bonds is 7. The van der Waals surface area contributed by atoms with Crippen LogP contribution in [-0.4, -0.2) is 69.6 Å². The molecule has 27 heavy (non-hydrogen) atoms. The third-order valence-electron chi connectivity index (χ3n) is 5.03. The summed E-state index contributed by atoms with van der Waals surface area (Å²) < 4.78 is 0. The molecule has 7 nitrogen and oxygen atoms in total. The Kier molecular flexibility index (Phi) is 6.96. The zero-order valence-corrected chi connectivity index (χ0v) is 16.0. The maximum Gasteiger partial charge on any atom is 0.326 e. The monoisotopic (exact) mass is 376 g/mol. The average molecular weight is 376 g/mol. The normalized spacial score (nSPS) is 19.0. The van der Waals surface area contributed by atoms with Gasteiger partial charge in [-0.05, 0) is 24.3 Å². The van der Waals surface area contributed by atoms with Crippen LogP contribution in [0.3, 0.4) is 0 Å². The van der Waals surface area contributed by atoms with Crippen LogP contribution in [0.4, 0.5) is 0 Å². The third-order valence-corrected chi connectivity index (χ3v) is 5.03. The second-order valence-corrected chi connectivity index (χ2v) is 7.37. The van der Waals surface area contributed by atoms with Crippen LogP contribution < -0.4 is 0 Å². The van der Waals surface area contributed by atoms with E-state index in [9.17, 15) is 24.6 Å². The van der Waals surface area contributed by atoms with Gasteiger partial charge in [0.1, 0.15) is 18.2 Å². The van der Waals surface area contributed by atoms with Crippen molar-refractivity contribution in [2.45, 2.75) is 51.3 Å². The van der Waals surface area contributed by atoms with Gasteiger partial charge in [-0.15, -0.1) is 0 Å². The molecule has 2 N–H and O–H groups in total. The molecule has 0 spiro atoms. The quantitative estimate of drug-likeness (QED) is 0.744. The molecular formula is C20H28N2O5. The Morgan fingerprint density at radius 3 is 2.41 bits per heavy atom. The molecule has 1 fully saturated rings. The minimum atomic E-state index is -1.26. The number of likely N-dealkylation sites (tertiary alicyclic amines) is 1. The molecule has 0 bridgehead atoms.